The molecule has 0 bridgehead atoms. The second-order valence-electron chi connectivity index (χ2n) is 3.10. The van der Waals surface area contributed by atoms with Crippen molar-refractivity contribution >= 4 is 5.97 Å². The zero-order valence-electron chi connectivity index (χ0n) is 6.83. The summed E-state index contributed by atoms with van der Waals surface area (Å²) < 4.78 is 0.407. The minimum Gasteiger partial charge on any atom is -0.550 e. The first-order valence-corrected chi connectivity index (χ1v) is 3.37. The molecule has 0 aromatic heterocycles. The number of hydrogen-bond donors (Lipinski definition) is 0. The third-order valence-electron chi connectivity index (χ3n) is 1.42. The SMILES string of the molecule is C[N+](C)(CC#N)CCC(=O)[O-]. The molecule has 0 aliphatic heterocycles. The fourth-order valence-corrected chi connectivity index (χ4v) is 0.664. The van der Waals surface area contributed by atoms with Gasteiger partial charge in [0.2, 0.25) is 0 Å². The van der Waals surface area contributed by atoms with Crippen LogP contribution in [0.3, 0.4) is 0 Å². The van der Waals surface area contributed by atoms with E-state index in [4.69, 9.17) is 5.26 Å². The van der Waals surface area contributed by atoms with Crippen LogP contribution in [0.4, 0.5) is 0 Å². The number of quaternary nitrogens is 1. The Labute approximate surface area is 66.2 Å². The van der Waals surface area contributed by atoms with Gasteiger partial charge in [-0.2, -0.15) is 5.26 Å². The van der Waals surface area contributed by atoms with Crippen LogP contribution in [0.25, 0.3) is 0 Å². The molecule has 0 aliphatic carbocycles. The monoisotopic (exact) mass is 156 g/mol. The summed E-state index contributed by atoms with van der Waals surface area (Å²) in [7, 11) is 3.62. The number of rotatable bonds is 4. The molecular formula is C7H12N2O2. The summed E-state index contributed by atoms with van der Waals surface area (Å²) in [6.45, 7) is 0.767. The lowest BCUT2D eigenvalue weighted by Gasteiger charge is -2.26. The highest BCUT2D eigenvalue weighted by Gasteiger charge is 2.12. The Morgan fingerprint density at radius 3 is 2.55 bits per heavy atom. The maximum Gasteiger partial charge on any atom is 0.166 e. The largest absolute Gasteiger partial charge is 0.550 e. The summed E-state index contributed by atoms with van der Waals surface area (Å²) in [5.74, 6) is -1.06. The molecule has 62 valence electrons. The molecule has 0 atom stereocenters. The number of aliphatic carboxylic acids is 1. The molecule has 0 saturated carbocycles. The van der Waals surface area contributed by atoms with Crippen LogP contribution in [0.1, 0.15) is 6.42 Å². The Bertz CT molecular complexity index is 181. The van der Waals surface area contributed by atoms with Crippen molar-refractivity contribution in [1.29, 1.82) is 5.26 Å². The predicted molar refractivity (Wildman–Crippen MR) is 37.1 cm³/mol. The topological polar surface area (TPSA) is 63.9 Å². The quantitative estimate of drug-likeness (QED) is 0.376. The molecule has 4 nitrogen and oxygen atoms in total. The smallest absolute Gasteiger partial charge is 0.166 e. The van der Waals surface area contributed by atoms with E-state index in [2.05, 4.69) is 0 Å². The number of carbonyl (C=O) groups excluding carboxylic acids is 1. The average Bonchev–Trinajstić information content (AvgIpc) is 1.84. The van der Waals surface area contributed by atoms with Gasteiger partial charge in [-0.15, -0.1) is 0 Å². The van der Waals surface area contributed by atoms with Crippen molar-refractivity contribution in [3.05, 3.63) is 0 Å². The van der Waals surface area contributed by atoms with Gasteiger partial charge in [0.1, 0.15) is 6.07 Å². The highest BCUT2D eigenvalue weighted by molar-refractivity contribution is 5.64. The maximum absolute atomic E-state index is 10.0. The molecular weight excluding hydrogens is 144 g/mol. The van der Waals surface area contributed by atoms with E-state index in [9.17, 15) is 9.90 Å². The Kier molecular flexibility index (Phi) is 3.55. The zero-order valence-corrected chi connectivity index (χ0v) is 6.83. The number of nitriles is 1. The van der Waals surface area contributed by atoms with E-state index in [1.54, 1.807) is 0 Å². The third kappa shape index (κ3) is 5.37. The van der Waals surface area contributed by atoms with Crippen molar-refractivity contribution < 1.29 is 14.4 Å². The zero-order chi connectivity index (χ0) is 8.91. The Hall–Kier alpha value is -1.08. The first kappa shape index (κ1) is 9.92. The van der Waals surface area contributed by atoms with Crippen molar-refractivity contribution in [3.8, 4) is 6.07 Å². The second-order valence-corrected chi connectivity index (χ2v) is 3.10. The number of carboxylic acid groups (broad SMARTS) is 1. The van der Waals surface area contributed by atoms with Crippen LogP contribution < -0.4 is 5.11 Å². The van der Waals surface area contributed by atoms with Gasteiger partial charge in [0.05, 0.1) is 20.6 Å². The number of carboxylic acids is 1. The molecule has 4 heteroatoms. The van der Waals surface area contributed by atoms with E-state index >= 15 is 0 Å². The lowest BCUT2D eigenvalue weighted by molar-refractivity contribution is -0.882. The van der Waals surface area contributed by atoms with Crippen LogP contribution in [0.2, 0.25) is 0 Å². The van der Waals surface area contributed by atoms with Crippen LogP contribution in [-0.4, -0.2) is 37.6 Å². The highest BCUT2D eigenvalue weighted by atomic mass is 16.4. The van der Waals surface area contributed by atoms with Gasteiger partial charge < -0.3 is 14.4 Å². The molecule has 0 amide bonds. The summed E-state index contributed by atoms with van der Waals surface area (Å²) in [4.78, 5) is 10.0. The standard InChI is InChI=1S/C7H12N2O2/c1-9(2,6-4-8)5-3-7(10)11/h3,5-6H2,1-2H3. The van der Waals surface area contributed by atoms with Crippen molar-refractivity contribution in [2.45, 2.75) is 6.42 Å². The third-order valence-corrected chi connectivity index (χ3v) is 1.42. The van der Waals surface area contributed by atoms with E-state index in [1.165, 1.54) is 0 Å². The number of hydrogen-bond acceptors (Lipinski definition) is 3. The van der Waals surface area contributed by atoms with Gasteiger partial charge in [0, 0.05) is 12.4 Å². The molecule has 0 aliphatic rings. The van der Waals surface area contributed by atoms with Gasteiger partial charge >= 0.3 is 0 Å². The first-order chi connectivity index (χ1) is 4.98. The van der Waals surface area contributed by atoms with E-state index < -0.39 is 5.97 Å². The van der Waals surface area contributed by atoms with Gasteiger partial charge in [0.15, 0.2) is 6.54 Å². The fourth-order valence-electron chi connectivity index (χ4n) is 0.664. The normalized spacial score (nSPS) is 10.6. The van der Waals surface area contributed by atoms with E-state index in [1.807, 2.05) is 20.2 Å². The van der Waals surface area contributed by atoms with Gasteiger partial charge in [-0.3, -0.25) is 0 Å². The first-order valence-electron chi connectivity index (χ1n) is 3.37. The molecule has 0 saturated heterocycles. The number of carbonyl (C=O) groups is 1. The van der Waals surface area contributed by atoms with Gasteiger partial charge in [0.25, 0.3) is 0 Å². The summed E-state index contributed by atoms with van der Waals surface area (Å²) in [6, 6.07) is 1.99. The van der Waals surface area contributed by atoms with E-state index in [0.717, 1.165) is 0 Å². The molecule has 0 fully saturated rings. The molecule has 11 heavy (non-hydrogen) atoms. The van der Waals surface area contributed by atoms with Gasteiger partial charge in [-0.1, -0.05) is 0 Å². The molecule has 0 spiro atoms. The van der Waals surface area contributed by atoms with Crippen molar-refractivity contribution in [3.63, 3.8) is 0 Å². The van der Waals surface area contributed by atoms with E-state index in [-0.39, 0.29) is 6.42 Å². The van der Waals surface area contributed by atoms with E-state index in [0.29, 0.717) is 17.6 Å². The Morgan fingerprint density at radius 1 is 1.64 bits per heavy atom. The van der Waals surface area contributed by atoms with Crippen LogP contribution in [0, 0.1) is 11.3 Å². The maximum atomic E-state index is 10.0. The average molecular weight is 156 g/mol. The van der Waals surface area contributed by atoms with Crippen LogP contribution in [-0.2, 0) is 4.79 Å². The molecule has 0 radical (unpaired) electrons. The highest BCUT2D eigenvalue weighted by Crippen LogP contribution is 1.96. The second kappa shape index (κ2) is 3.94. The Balaban J connectivity index is 3.74. The molecule has 0 aromatic carbocycles. The molecule has 0 N–H and O–H groups in total. The van der Waals surface area contributed by atoms with Crippen molar-refractivity contribution in [2.75, 3.05) is 27.2 Å². The van der Waals surface area contributed by atoms with Crippen LogP contribution in [0.15, 0.2) is 0 Å². The van der Waals surface area contributed by atoms with Crippen molar-refractivity contribution in [2.24, 2.45) is 0 Å². The van der Waals surface area contributed by atoms with Gasteiger partial charge in [-0.05, 0) is 0 Å². The summed E-state index contributed by atoms with van der Waals surface area (Å²) in [6.07, 6.45) is 0.00861. The predicted octanol–water partition coefficient (Wildman–Crippen LogP) is -1.27. The van der Waals surface area contributed by atoms with Crippen LogP contribution >= 0.6 is 0 Å². The number of nitrogens with zero attached hydrogens (tertiary/aromatic N) is 2. The molecule has 0 heterocycles. The molecule has 0 aromatic rings. The lowest BCUT2D eigenvalue weighted by Crippen LogP contribution is -2.43. The van der Waals surface area contributed by atoms with Crippen molar-refractivity contribution in [1.82, 2.24) is 0 Å². The lowest BCUT2D eigenvalue weighted by atomic mass is 10.3. The molecule has 0 unspecified atom stereocenters. The minimum absolute atomic E-state index is 0.00861. The van der Waals surface area contributed by atoms with Crippen LogP contribution in [0.5, 0.6) is 0 Å². The summed E-state index contributed by atoms with van der Waals surface area (Å²) in [5, 5.41) is 18.4. The minimum atomic E-state index is -1.06. The summed E-state index contributed by atoms with van der Waals surface area (Å²) in [5.41, 5.74) is 0. The van der Waals surface area contributed by atoms with Gasteiger partial charge in [-0.25, -0.2) is 0 Å². The Morgan fingerprint density at radius 2 is 2.18 bits per heavy atom. The summed E-state index contributed by atoms with van der Waals surface area (Å²) >= 11 is 0. The molecule has 0 rings (SSSR count). The fraction of sp³-hybridized carbons (Fsp3) is 0.714.